The second-order valence-electron chi connectivity index (χ2n) is 4.86. The van der Waals surface area contributed by atoms with Crippen molar-refractivity contribution in [2.24, 2.45) is 0 Å². The van der Waals surface area contributed by atoms with Crippen molar-refractivity contribution < 1.29 is 9.59 Å². The summed E-state index contributed by atoms with van der Waals surface area (Å²) in [6.45, 7) is 5.61. The molecule has 2 amide bonds. The van der Waals surface area contributed by atoms with E-state index in [1.54, 1.807) is 0 Å². The maximum absolute atomic E-state index is 11.8. The van der Waals surface area contributed by atoms with Crippen molar-refractivity contribution >= 4 is 33.8 Å². The predicted octanol–water partition coefficient (Wildman–Crippen LogP) is 0.795. The number of nitrogen functional groups attached to an aromatic ring is 1. The number of carbonyl (C=O) groups is 2. The molecule has 2 heterocycles. The molecule has 7 heteroatoms. The van der Waals surface area contributed by atoms with Crippen LogP contribution in [0.1, 0.15) is 29.9 Å². The molecule has 0 saturated carbocycles. The van der Waals surface area contributed by atoms with Gasteiger partial charge in [0.25, 0.3) is 5.91 Å². The van der Waals surface area contributed by atoms with Gasteiger partial charge in [-0.25, -0.2) is 0 Å². The van der Waals surface area contributed by atoms with Crippen molar-refractivity contribution in [3.8, 4) is 0 Å². The van der Waals surface area contributed by atoms with Gasteiger partial charge in [-0.3, -0.25) is 9.59 Å². The van der Waals surface area contributed by atoms with Crippen molar-refractivity contribution in [3.05, 3.63) is 10.9 Å². The average Bonchev–Trinajstić information content (AvgIpc) is 2.95. The summed E-state index contributed by atoms with van der Waals surface area (Å²) < 4.78 is 0. The first-order valence-electron chi connectivity index (χ1n) is 6.70. The fourth-order valence-corrected chi connectivity index (χ4v) is 3.36. The summed E-state index contributed by atoms with van der Waals surface area (Å²) >= 11 is 1.40. The summed E-state index contributed by atoms with van der Waals surface area (Å²) in [5.74, 6) is -0.135. The Kier molecular flexibility index (Phi) is 4.49. The molecular formula is C13H20N4O2S. The Hall–Kier alpha value is -1.76. The molecule has 4 N–H and O–H groups in total. The van der Waals surface area contributed by atoms with Gasteiger partial charge >= 0.3 is 0 Å². The lowest BCUT2D eigenvalue weighted by atomic mass is 10.3. The Labute approximate surface area is 122 Å². The maximum atomic E-state index is 11.8. The fraction of sp³-hybridized carbons (Fsp3) is 0.538. The summed E-state index contributed by atoms with van der Waals surface area (Å²) in [5, 5.41) is 6.66. The molecule has 0 aromatic carbocycles. The minimum absolute atomic E-state index is 0.00874. The molecule has 20 heavy (non-hydrogen) atoms. The van der Waals surface area contributed by atoms with Crippen molar-refractivity contribution in [1.82, 2.24) is 10.6 Å². The molecule has 1 unspecified atom stereocenters. The van der Waals surface area contributed by atoms with E-state index >= 15 is 0 Å². The van der Waals surface area contributed by atoms with Crippen molar-refractivity contribution in [2.75, 3.05) is 30.3 Å². The van der Waals surface area contributed by atoms with Crippen molar-refractivity contribution in [2.45, 2.75) is 26.3 Å². The van der Waals surface area contributed by atoms with Gasteiger partial charge in [0.1, 0.15) is 4.88 Å². The normalized spacial score (nSPS) is 18.1. The Morgan fingerprint density at radius 2 is 2.30 bits per heavy atom. The van der Waals surface area contributed by atoms with Crippen LogP contribution in [0.3, 0.4) is 0 Å². The van der Waals surface area contributed by atoms with Crippen LogP contribution in [0.5, 0.6) is 0 Å². The monoisotopic (exact) mass is 296 g/mol. The summed E-state index contributed by atoms with van der Waals surface area (Å²) in [6.07, 6.45) is 0.911. The summed E-state index contributed by atoms with van der Waals surface area (Å²) in [7, 11) is 0. The van der Waals surface area contributed by atoms with Gasteiger partial charge in [-0.15, -0.1) is 11.3 Å². The second-order valence-corrected chi connectivity index (χ2v) is 5.89. The highest BCUT2D eigenvalue weighted by Crippen LogP contribution is 2.34. The van der Waals surface area contributed by atoms with Crippen LogP contribution >= 0.6 is 11.3 Å². The van der Waals surface area contributed by atoms with Crippen LogP contribution in [0, 0.1) is 0 Å². The van der Waals surface area contributed by atoms with Crippen LogP contribution in [0.25, 0.3) is 0 Å². The SMILES string of the molecule is CCNC(=O)c1sc(N2CCC(NC(C)=O)C2)cc1N. The lowest BCUT2D eigenvalue weighted by Crippen LogP contribution is -2.35. The molecule has 1 aromatic heterocycles. The summed E-state index contributed by atoms with van der Waals surface area (Å²) in [5.41, 5.74) is 6.42. The number of nitrogens with zero attached hydrogens (tertiary/aromatic N) is 1. The van der Waals surface area contributed by atoms with E-state index in [1.165, 1.54) is 18.3 Å². The van der Waals surface area contributed by atoms with Crippen LogP contribution in [-0.4, -0.2) is 37.5 Å². The van der Waals surface area contributed by atoms with Crippen molar-refractivity contribution in [3.63, 3.8) is 0 Å². The molecule has 1 saturated heterocycles. The number of hydrogen-bond donors (Lipinski definition) is 3. The maximum Gasteiger partial charge on any atom is 0.263 e. The van der Waals surface area contributed by atoms with Crippen LogP contribution in [0.4, 0.5) is 10.7 Å². The molecule has 6 nitrogen and oxygen atoms in total. The number of hydrogen-bond acceptors (Lipinski definition) is 5. The Balaban J connectivity index is 2.05. The van der Waals surface area contributed by atoms with Gasteiger partial charge in [0.2, 0.25) is 5.91 Å². The van der Waals surface area contributed by atoms with Crippen molar-refractivity contribution in [1.29, 1.82) is 0 Å². The topological polar surface area (TPSA) is 87.5 Å². The third-order valence-corrected chi connectivity index (χ3v) is 4.41. The zero-order valence-electron chi connectivity index (χ0n) is 11.7. The van der Waals surface area contributed by atoms with Gasteiger partial charge in [-0.2, -0.15) is 0 Å². The first-order chi connectivity index (χ1) is 9.51. The predicted molar refractivity (Wildman–Crippen MR) is 81.2 cm³/mol. The standard InChI is InChI=1S/C13H20N4O2S/c1-3-15-13(19)12-10(14)6-11(20-12)17-5-4-9(7-17)16-8(2)18/h6,9H,3-5,7,14H2,1-2H3,(H,15,19)(H,16,18). The van der Waals surface area contributed by atoms with E-state index in [-0.39, 0.29) is 17.9 Å². The first kappa shape index (κ1) is 14.6. The smallest absolute Gasteiger partial charge is 0.263 e. The molecular weight excluding hydrogens is 276 g/mol. The molecule has 1 aliphatic heterocycles. The van der Waals surface area contributed by atoms with E-state index in [0.717, 1.165) is 24.5 Å². The number of rotatable bonds is 4. The van der Waals surface area contributed by atoms with E-state index in [1.807, 2.05) is 13.0 Å². The van der Waals surface area contributed by atoms with Gasteiger partial charge in [-0.1, -0.05) is 0 Å². The van der Waals surface area contributed by atoms with E-state index < -0.39 is 0 Å². The minimum Gasteiger partial charge on any atom is -0.397 e. The molecule has 0 spiro atoms. The van der Waals surface area contributed by atoms with E-state index in [9.17, 15) is 9.59 Å². The van der Waals surface area contributed by atoms with Gasteiger partial charge < -0.3 is 21.3 Å². The second kappa shape index (κ2) is 6.13. The molecule has 0 bridgehead atoms. The van der Waals surface area contributed by atoms with Crippen LogP contribution in [0.2, 0.25) is 0 Å². The molecule has 110 valence electrons. The molecule has 1 atom stereocenters. The van der Waals surface area contributed by atoms with E-state index in [2.05, 4.69) is 15.5 Å². The van der Waals surface area contributed by atoms with Crippen LogP contribution in [-0.2, 0) is 4.79 Å². The lowest BCUT2D eigenvalue weighted by molar-refractivity contribution is -0.119. The Bertz CT molecular complexity index is 514. The molecule has 2 rings (SSSR count). The zero-order chi connectivity index (χ0) is 14.7. The summed E-state index contributed by atoms with van der Waals surface area (Å²) in [4.78, 5) is 25.6. The number of thiophene rings is 1. The molecule has 1 aromatic rings. The van der Waals surface area contributed by atoms with Gasteiger partial charge in [0, 0.05) is 32.6 Å². The highest BCUT2D eigenvalue weighted by atomic mass is 32.1. The largest absolute Gasteiger partial charge is 0.397 e. The molecule has 1 fully saturated rings. The summed E-state index contributed by atoms with van der Waals surface area (Å²) in [6, 6.07) is 2.01. The van der Waals surface area contributed by atoms with Gasteiger partial charge in [0.05, 0.1) is 10.7 Å². The number of nitrogens with two attached hydrogens (primary N) is 1. The number of anilines is 2. The molecule has 1 aliphatic rings. The van der Waals surface area contributed by atoms with Crippen LogP contribution in [0.15, 0.2) is 6.07 Å². The average molecular weight is 296 g/mol. The number of carbonyl (C=O) groups excluding carboxylic acids is 2. The third kappa shape index (κ3) is 3.22. The minimum atomic E-state index is -0.126. The fourth-order valence-electron chi connectivity index (χ4n) is 2.33. The zero-order valence-corrected chi connectivity index (χ0v) is 12.5. The number of amides is 2. The molecule has 0 aliphatic carbocycles. The Morgan fingerprint density at radius 3 is 2.95 bits per heavy atom. The number of nitrogens with one attached hydrogen (secondary N) is 2. The van der Waals surface area contributed by atoms with Gasteiger partial charge in [-0.05, 0) is 19.4 Å². The first-order valence-corrected chi connectivity index (χ1v) is 7.52. The van der Waals surface area contributed by atoms with Gasteiger partial charge in [0.15, 0.2) is 0 Å². The molecule has 0 radical (unpaired) electrons. The lowest BCUT2D eigenvalue weighted by Gasteiger charge is -2.16. The van der Waals surface area contributed by atoms with E-state index in [4.69, 9.17) is 5.73 Å². The Morgan fingerprint density at radius 1 is 1.55 bits per heavy atom. The third-order valence-electron chi connectivity index (χ3n) is 3.20. The van der Waals surface area contributed by atoms with E-state index in [0.29, 0.717) is 17.1 Å². The highest BCUT2D eigenvalue weighted by molar-refractivity contribution is 7.18. The van der Waals surface area contributed by atoms with Crippen LogP contribution < -0.4 is 21.3 Å². The highest BCUT2D eigenvalue weighted by Gasteiger charge is 2.25. The quantitative estimate of drug-likeness (QED) is 0.767.